The predicted octanol–water partition coefficient (Wildman–Crippen LogP) is 5.34. The predicted molar refractivity (Wildman–Crippen MR) is 85.4 cm³/mol. The Morgan fingerprint density at radius 3 is 2.58 bits per heavy atom. The van der Waals surface area contributed by atoms with E-state index in [-0.39, 0.29) is 0 Å². The Balaban J connectivity index is 1.77. The second kappa shape index (κ2) is 5.35. The van der Waals surface area contributed by atoms with Gasteiger partial charge in [0, 0.05) is 15.5 Å². The SMILES string of the molecule is Clc1ccc2c(c1)CC(Nc1ccc(Br)cc1Cl)C2. The summed E-state index contributed by atoms with van der Waals surface area (Å²) in [6, 6.07) is 12.4. The first-order valence-corrected chi connectivity index (χ1v) is 7.65. The fraction of sp³-hybridized carbons (Fsp3) is 0.200. The third-order valence-corrected chi connectivity index (χ3v) is 4.43. The van der Waals surface area contributed by atoms with Crippen molar-refractivity contribution in [3.63, 3.8) is 0 Å². The van der Waals surface area contributed by atoms with E-state index in [0.717, 1.165) is 33.0 Å². The highest BCUT2D eigenvalue weighted by Crippen LogP contribution is 2.30. The minimum absolute atomic E-state index is 0.382. The zero-order chi connectivity index (χ0) is 13.4. The summed E-state index contributed by atoms with van der Waals surface area (Å²) in [5.74, 6) is 0. The fourth-order valence-electron chi connectivity index (χ4n) is 2.52. The Morgan fingerprint density at radius 1 is 1.00 bits per heavy atom. The van der Waals surface area contributed by atoms with E-state index in [2.05, 4.69) is 33.4 Å². The largest absolute Gasteiger partial charge is 0.380 e. The lowest BCUT2D eigenvalue weighted by Crippen LogP contribution is -2.19. The van der Waals surface area contributed by atoms with Crippen LogP contribution in [0.5, 0.6) is 0 Å². The topological polar surface area (TPSA) is 12.0 Å². The molecule has 1 aliphatic rings. The minimum Gasteiger partial charge on any atom is -0.380 e. The van der Waals surface area contributed by atoms with Crippen LogP contribution in [0.1, 0.15) is 11.1 Å². The smallest absolute Gasteiger partial charge is 0.0648 e. The Kier molecular flexibility index (Phi) is 3.75. The number of fused-ring (bicyclic) bond motifs is 1. The number of anilines is 1. The quantitative estimate of drug-likeness (QED) is 0.766. The lowest BCUT2D eigenvalue weighted by Gasteiger charge is -2.15. The summed E-state index contributed by atoms with van der Waals surface area (Å²) in [6.07, 6.45) is 2.00. The van der Waals surface area contributed by atoms with Crippen molar-refractivity contribution in [1.29, 1.82) is 0 Å². The molecule has 0 fully saturated rings. The van der Waals surface area contributed by atoms with E-state index < -0.39 is 0 Å². The van der Waals surface area contributed by atoms with Crippen LogP contribution in [0, 0.1) is 0 Å². The van der Waals surface area contributed by atoms with Crippen LogP contribution in [0.2, 0.25) is 10.0 Å². The van der Waals surface area contributed by atoms with E-state index in [1.807, 2.05) is 24.3 Å². The zero-order valence-corrected chi connectivity index (χ0v) is 13.2. The second-order valence-corrected chi connectivity index (χ2v) is 6.55. The first-order chi connectivity index (χ1) is 9.11. The molecule has 0 bridgehead atoms. The molecular weight excluding hydrogens is 345 g/mol. The molecule has 1 aliphatic carbocycles. The number of rotatable bonds is 2. The highest BCUT2D eigenvalue weighted by molar-refractivity contribution is 9.10. The summed E-state index contributed by atoms with van der Waals surface area (Å²) < 4.78 is 0.990. The Hall–Kier alpha value is -0.700. The second-order valence-electron chi connectivity index (χ2n) is 4.79. The average Bonchev–Trinajstić information content (AvgIpc) is 2.74. The summed E-state index contributed by atoms with van der Waals surface area (Å²) >= 11 is 15.7. The molecule has 19 heavy (non-hydrogen) atoms. The van der Waals surface area contributed by atoms with E-state index in [1.54, 1.807) is 0 Å². The summed E-state index contributed by atoms with van der Waals surface area (Å²) in [5, 5.41) is 5.05. The average molecular weight is 357 g/mol. The maximum atomic E-state index is 6.23. The van der Waals surface area contributed by atoms with Gasteiger partial charge in [-0.3, -0.25) is 0 Å². The molecule has 98 valence electrons. The van der Waals surface area contributed by atoms with Crippen LogP contribution in [0.25, 0.3) is 0 Å². The number of halogens is 3. The molecule has 1 N–H and O–H groups in total. The molecule has 1 unspecified atom stereocenters. The van der Waals surface area contributed by atoms with E-state index in [1.165, 1.54) is 11.1 Å². The molecule has 0 amide bonds. The molecule has 0 aromatic heterocycles. The molecule has 4 heteroatoms. The summed E-state index contributed by atoms with van der Waals surface area (Å²) in [4.78, 5) is 0. The van der Waals surface area contributed by atoms with Gasteiger partial charge in [0.15, 0.2) is 0 Å². The number of benzene rings is 2. The lowest BCUT2D eigenvalue weighted by atomic mass is 10.1. The molecule has 0 saturated carbocycles. The van der Waals surface area contributed by atoms with Crippen LogP contribution in [0.4, 0.5) is 5.69 Å². The molecule has 2 aromatic rings. The van der Waals surface area contributed by atoms with Crippen molar-refractivity contribution in [3.8, 4) is 0 Å². The number of hydrogen-bond acceptors (Lipinski definition) is 1. The van der Waals surface area contributed by atoms with Gasteiger partial charge in [0.2, 0.25) is 0 Å². The van der Waals surface area contributed by atoms with Crippen molar-refractivity contribution < 1.29 is 0 Å². The highest BCUT2D eigenvalue weighted by Gasteiger charge is 2.21. The van der Waals surface area contributed by atoms with Crippen molar-refractivity contribution in [3.05, 3.63) is 62.0 Å². The number of hydrogen-bond donors (Lipinski definition) is 1. The molecule has 0 heterocycles. The van der Waals surface area contributed by atoms with Crippen molar-refractivity contribution in [2.24, 2.45) is 0 Å². The van der Waals surface area contributed by atoms with Crippen molar-refractivity contribution in [2.45, 2.75) is 18.9 Å². The van der Waals surface area contributed by atoms with Crippen LogP contribution in [0.3, 0.4) is 0 Å². The van der Waals surface area contributed by atoms with E-state index in [9.17, 15) is 0 Å². The fourth-order valence-corrected chi connectivity index (χ4v) is 3.44. The first-order valence-electron chi connectivity index (χ1n) is 6.11. The molecular formula is C15H12BrCl2N. The van der Waals surface area contributed by atoms with Gasteiger partial charge in [-0.25, -0.2) is 0 Å². The van der Waals surface area contributed by atoms with Crippen LogP contribution in [0.15, 0.2) is 40.9 Å². The van der Waals surface area contributed by atoms with Crippen LogP contribution in [-0.2, 0) is 12.8 Å². The van der Waals surface area contributed by atoms with Gasteiger partial charge in [0.1, 0.15) is 0 Å². The monoisotopic (exact) mass is 355 g/mol. The van der Waals surface area contributed by atoms with Gasteiger partial charge in [-0.2, -0.15) is 0 Å². The van der Waals surface area contributed by atoms with Gasteiger partial charge in [0.05, 0.1) is 10.7 Å². The van der Waals surface area contributed by atoms with E-state index >= 15 is 0 Å². The molecule has 3 rings (SSSR count). The van der Waals surface area contributed by atoms with Crippen LogP contribution >= 0.6 is 39.1 Å². The van der Waals surface area contributed by atoms with Gasteiger partial charge >= 0.3 is 0 Å². The minimum atomic E-state index is 0.382. The first kappa shape index (κ1) is 13.3. The standard InChI is InChI=1S/C15H12BrCl2N/c16-11-2-4-15(14(18)8-11)19-13-6-9-1-3-12(17)5-10(9)7-13/h1-5,8,13,19H,6-7H2. The van der Waals surface area contributed by atoms with Crippen molar-refractivity contribution in [1.82, 2.24) is 0 Å². The molecule has 1 atom stereocenters. The van der Waals surface area contributed by atoms with Crippen LogP contribution in [-0.4, -0.2) is 6.04 Å². The van der Waals surface area contributed by atoms with Gasteiger partial charge in [-0.15, -0.1) is 0 Å². The molecule has 1 nitrogen and oxygen atoms in total. The normalized spacial score (nSPS) is 17.3. The third kappa shape index (κ3) is 2.91. The van der Waals surface area contributed by atoms with Gasteiger partial charge < -0.3 is 5.32 Å². The molecule has 0 aliphatic heterocycles. The van der Waals surface area contributed by atoms with Gasteiger partial charge in [-0.05, 0) is 54.3 Å². The summed E-state index contributed by atoms with van der Waals surface area (Å²) in [5.41, 5.74) is 3.68. The van der Waals surface area contributed by atoms with Crippen molar-refractivity contribution in [2.75, 3.05) is 5.32 Å². The Morgan fingerprint density at radius 2 is 1.79 bits per heavy atom. The maximum absolute atomic E-state index is 6.23. The highest BCUT2D eigenvalue weighted by atomic mass is 79.9. The van der Waals surface area contributed by atoms with Gasteiger partial charge in [-0.1, -0.05) is 45.2 Å². The van der Waals surface area contributed by atoms with Crippen LogP contribution < -0.4 is 5.32 Å². The van der Waals surface area contributed by atoms with Gasteiger partial charge in [0.25, 0.3) is 0 Å². The molecule has 0 spiro atoms. The molecule has 0 radical (unpaired) electrons. The maximum Gasteiger partial charge on any atom is 0.0648 e. The Labute approximate surface area is 131 Å². The van der Waals surface area contributed by atoms with E-state index in [4.69, 9.17) is 23.2 Å². The third-order valence-electron chi connectivity index (χ3n) is 3.39. The summed E-state index contributed by atoms with van der Waals surface area (Å²) in [7, 11) is 0. The lowest BCUT2D eigenvalue weighted by molar-refractivity contribution is 0.774. The number of nitrogens with one attached hydrogen (secondary N) is 1. The van der Waals surface area contributed by atoms with Crippen molar-refractivity contribution >= 4 is 44.8 Å². The molecule has 2 aromatic carbocycles. The Bertz CT molecular complexity index is 628. The summed E-state index contributed by atoms with van der Waals surface area (Å²) in [6.45, 7) is 0. The zero-order valence-electron chi connectivity index (χ0n) is 10.1. The van der Waals surface area contributed by atoms with E-state index in [0.29, 0.717) is 6.04 Å². The molecule has 0 saturated heterocycles.